The molecule has 2 aromatic carbocycles. The molecule has 0 spiro atoms. The van der Waals surface area contributed by atoms with Crippen LogP contribution in [0.5, 0.6) is 11.5 Å². The van der Waals surface area contributed by atoms with Gasteiger partial charge in [0.15, 0.2) is 0 Å². The van der Waals surface area contributed by atoms with E-state index in [-0.39, 0.29) is 0 Å². The Hall–Kier alpha value is -1.68. The van der Waals surface area contributed by atoms with Gasteiger partial charge in [-0.05, 0) is 41.5 Å². The summed E-state index contributed by atoms with van der Waals surface area (Å²) in [6.45, 7) is 2.06. The molecule has 0 fully saturated rings. The van der Waals surface area contributed by atoms with Crippen LogP contribution in [0, 0.1) is 0 Å². The molecular weight excluding hydrogens is 333 g/mol. The zero-order valence-corrected chi connectivity index (χ0v) is 14.2. The summed E-state index contributed by atoms with van der Waals surface area (Å²) in [6.07, 6.45) is 2.08. The summed E-state index contributed by atoms with van der Waals surface area (Å²) >= 11 is 12.2. The summed E-state index contributed by atoms with van der Waals surface area (Å²) in [7, 11) is 1.67. The maximum absolute atomic E-state index is 6.14. The van der Waals surface area contributed by atoms with Crippen LogP contribution in [-0.2, 0) is 6.54 Å². The Kier molecular flexibility index (Phi) is 5.11. The van der Waals surface area contributed by atoms with Crippen molar-refractivity contribution in [1.82, 2.24) is 5.32 Å². The van der Waals surface area contributed by atoms with E-state index in [2.05, 4.69) is 11.4 Å². The molecule has 1 aliphatic heterocycles. The highest BCUT2D eigenvalue weighted by molar-refractivity contribution is 6.36. The van der Waals surface area contributed by atoms with Crippen LogP contribution in [0.25, 0.3) is 6.08 Å². The quantitative estimate of drug-likeness (QED) is 0.857. The number of rotatable bonds is 5. The van der Waals surface area contributed by atoms with Crippen molar-refractivity contribution in [3.05, 3.63) is 63.1 Å². The first-order valence-corrected chi connectivity index (χ1v) is 8.06. The van der Waals surface area contributed by atoms with Gasteiger partial charge in [0.1, 0.15) is 18.1 Å². The first kappa shape index (κ1) is 16.2. The largest absolute Gasteiger partial charge is 0.497 e. The third-order valence-corrected chi connectivity index (χ3v) is 4.14. The Morgan fingerprint density at radius 3 is 2.65 bits per heavy atom. The molecule has 0 aromatic heterocycles. The molecule has 0 radical (unpaired) electrons. The van der Waals surface area contributed by atoms with E-state index in [9.17, 15) is 0 Å². The molecule has 0 saturated carbocycles. The van der Waals surface area contributed by atoms with Gasteiger partial charge in [-0.25, -0.2) is 0 Å². The topological polar surface area (TPSA) is 30.5 Å². The fourth-order valence-corrected chi connectivity index (χ4v) is 3.04. The zero-order chi connectivity index (χ0) is 16.2. The Morgan fingerprint density at radius 1 is 1.13 bits per heavy atom. The van der Waals surface area contributed by atoms with E-state index in [1.165, 1.54) is 5.56 Å². The minimum atomic E-state index is 0.532. The van der Waals surface area contributed by atoms with E-state index in [0.717, 1.165) is 30.0 Å². The van der Waals surface area contributed by atoms with Gasteiger partial charge in [-0.2, -0.15) is 0 Å². The lowest BCUT2D eigenvalue weighted by atomic mass is 10.1. The molecule has 120 valence electrons. The summed E-state index contributed by atoms with van der Waals surface area (Å²) in [5.41, 5.74) is 3.29. The van der Waals surface area contributed by atoms with Crippen LogP contribution in [-0.4, -0.2) is 20.3 Å². The minimum Gasteiger partial charge on any atom is -0.497 e. The van der Waals surface area contributed by atoms with Gasteiger partial charge in [-0.1, -0.05) is 35.3 Å². The van der Waals surface area contributed by atoms with Crippen molar-refractivity contribution in [3.63, 3.8) is 0 Å². The molecule has 0 aliphatic carbocycles. The van der Waals surface area contributed by atoms with Gasteiger partial charge < -0.3 is 14.8 Å². The van der Waals surface area contributed by atoms with Crippen LogP contribution in [0.2, 0.25) is 10.0 Å². The second-order valence-electron chi connectivity index (χ2n) is 5.35. The molecule has 0 bridgehead atoms. The number of nitrogens with one attached hydrogen (secondary N) is 1. The lowest BCUT2D eigenvalue weighted by molar-refractivity contribution is 0.343. The Morgan fingerprint density at radius 2 is 1.91 bits per heavy atom. The molecule has 0 saturated heterocycles. The number of methoxy groups -OCH3 is 1. The van der Waals surface area contributed by atoms with E-state index >= 15 is 0 Å². The van der Waals surface area contributed by atoms with Crippen LogP contribution in [0.15, 0.2) is 42.0 Å². The smallest absolute Gasteiger partial charge is 0.145 e. The first-order valence-electron chi connectivity index (χ1n) is 7.30. The molecule has 2 aromatic rings. The Labute approximate surface area is 145 Å². The van der Waals surface area contributed by atoms with Crippen molar-refractivity contribution < 1.29 is 9.47 Å². The number of fused-ring (bicyclic) bond motifs is 1. The highest BCUT2D eigenvalue weighted by atomic mass is 35.5. The van der Waals surface area contributed by atoms with Crippen molar-refractivity contribution in [2.45, 2.75) is 6.54 Å². The van der Waals surface area contributed by atoms with Gasteiger partial charge in [0.05, 0.1) is 12.1 Å². The fourth-order valence-electron chi connectivity index (χ4n) is 2.48. The fraction of sp³-hybridized carbons (Fsp3) is 0.222. The van der Waals surface area contributed by atoms with Crippen molar-refractivity contribution in [2.75, 3.05) is 20.3 Å². The van der Waals surface area contributed by atoms with Gasteiger partial charge in [0.25, 0.3) is 0 Å². The summed E-state index contributed by atoms with van der Waals surface area (Å²) in [5, 5.41) is 4.58. The van der Waals surface area contributed by atoms with Crippen LogP contribution in [0.3, 0.4) is 0 Å². The maximum Gasteiger partial charge on any atom is 0.145 e. The van der Waals surface area contributed by atoms with Crippen LogP contribution >= 0.6 is 23.2 Å². The number of hydrogen-bond donors (Lipinski definition) is 1. The maximum atomic E-state index is 6.14. The predicted molar refractivity (Wildman–Crippen MR) is 94.6 cm³/mol. The molecule has 3 rings (SSSR count). The number of ether oxygens (including phenoxy) is 2. The van der Waals surface area contributed by atoms with Crippen molar-refractivity contribution in [3.8, 4) is 11.5 Å². The molecule has 1 aliphatic rings. The number of hydrogen-bond acceptors (Lipinski definition) is 3. The molecule has 1 heterocycles. The standard InChI is InChI=1S/C18H17Cl2NO2/c1-22-16-4-2-12(3-5-16)9-21-10-13-6-14-7-15(19)8-17(20)18(14)23-11-13/h2-8,21H,9-11H2,1H3. The van der Waals surface area contributed by atoms with E-state index in [1.54, 1.807) is 13.2 Å². The molecular formula is C18H17Cl2NO2. The van der Waals surface area contributed by atoms with Crippen molar-refractivity contribution in [1.29, 1.82) is 0 Å². The van der Waals surface area contributed by atoms with E-state index < -0.39 is 0 Å². The van der Waals surface area contributed by atoms with Crippen molar-refractivity contribution in [2.24, 2.45) is 0 Å². The Bertz CT molecular complexity index is 727. The minimum absolute atomic E-state index is 0.532. The first-order chi connectivity index (χ1) is 11.2. The van der Waals surface area contributed by atoms with Gasteiger partial charge >= 0.3 is 0 Å². The lowest BCUT2D eigenvalue weighted by Crippen LogP contribution is -2.21. The van der Waals surface area contributed by atoms with E-state index in [4.69, 9.17) is 32.7 Å². The van der Waals surface area contributed by atoms with E-state index in [0.29, 0.717) is 22.4 Å². The molecule has 1 N–H and O–H groups in total. The molecule has 5 heteroatoms. The normalized spacial score (nSPS) is 13.1. The van der Waals surface area contributed by atoms with Crippen LogP contribution < -0.4 is 14.8 Å². The molecule has 0 amide bonds. The highest BCUT2D eigenvalue weighted by Crippen LogP contribution is 2.36. The highest BCUT2D eigenvalue weighted by Gasteiger charge is 2.15. The van der Waals surface area contributed by atoms with Gasteiger partial charge in [0, 0.05) is 23.7 Å². The van der Waals surface area contributed by atoms with Crippen LogP contribution in [0.4, 0.5) is 0 Å². The van der Waals surface area contributed by atoms with Gasteiger partial charge in [0.2, 0.25) is 0 Å². The predicted octanol–water partition coefficient (Wildman–Crippen LogP) is 4.57. The monoisotopic (exact) mass is 349 g/mol. The number of halogens is 2. The molecule has 0 unspecified atom stereocenters. The molecule has 0 atom stereocenters. The third kappa shape index (κ3) is 3.99. The summed E-state index contributed by atoms with van der Waals surface area (Å²) in [6, 6.07) is 11.6. The van der Waals surface area contributed by atoms with Gasteiger partial charge in [-0.15, -0.1) is 0 Å². The SMILES string of the molecule is COc1ccc(CNCC2=Cc3cc(Cl)cc(Cl)c3OC2)cc1. The van der Waals surface area contributed by atoms with Crippen LogP contribution in [0.1, 0.15) is 11.1 Å². The second-order valence-corrected chi connectivity index (χ2v) is 6.19. The average molecular weight is 350 g/mol. The zero-order valence-electron chi connectivity index (χ0n) is 12.7. The van der Waals surface area contributed by atoms with E-state index in [1.807, 2.05) is 30.3 Å². The molecule has 23 heavy (non-hydrogen) atoms. The summed E-state index contributed by atoms with van der Waals surface area (Å²) in [4.78, 5) is 0. The third-order valence-electron chi connectivity index (χ3n) is 3.64. The summed E-state index contributed by atoms with van der Waals surface area (Å²) in [5.74, 6) is 1.57. The van der Waals surface area contributed by atoms with Gasteiger partial charge in [-0.3, -0.25) is 0 Å². The Balaban J connectivity index is 1.61. The lowest BCUT2D eigenvalue weighted by Gasteiger charge is -2.19. The van der Waals surface area contributed by atoms with Crippen molar-refractivity contribution >= 4 is 29.3 Å². The number of benzene rings is 2. The second kappa shape index (κ2) is 7.26. The summed E-state index contributed by atoms with van der Waals surface area (Å²) < 4.78 is 10.9. The average Bonchev–Trinajstić information content (AvgIpc) is 2.55. The molecule has 3 nitrogen and oxygen atoms in total.